The molecule has 1 aliphatic rings. The van der Waals surface area contributed by atoms with E-state index in [1.54, 1.807) is 0 Å². The average molecular weight is 261 g/mol. The lowest BCUT2D eigenvalue weighted by atomic mass is 9.76. The highest BCUT2D eigenvalue weighted by molar-refractivity contribution is 5.29. The number of hydrogen-bond donors (Lipinski definition) is 2. The summed E-state index contributed by atoms with van der Waals surface area (Å²) in [5, 5.41) is 10.7. The second-order valence-electron chi connectivity index (χ2n) is 7.05. The predicted octanol–water partition coefficient (Wildman–Crippen LogP) is 3.54. The summed E-state index contributed by atoms with van der Waals surface area (Å²) < 4.78 is 0. The van der Waals surface area contributed by atoms with E-state index in [2.05, 4.69) is 45.0 Å². The molecule has 0 bridgehead atoms. The summed E-state index contributed by atoms with van der Waals surface area (Å²) in [5.74, 6) is 0. The molecule has 1 aromatic carbocycles. The summed E-state index contributed by atoms with van der Waals surface area (Å²) in [6.45, 7) is 7.19. The van der Waals surface area contributed by atoms with E-state index in [9.17, 15) is 5.11 Å². The largest absolute Gasteiger partial charge is 0.388 e. The van der Waals surface area contributed by atoms with E-state index in [0.717, 1.165) is 18.4 Å². The normalized spacial score (nSPS) is 20.5. The first-order valence-electron chi connectivity index (χ1n) is 7.38. The van der Waals surface area contributed by atoms with E-state index in [4.69, 9.17) is 5.73 Å². The van der Waals surface area contributed by atoms with Crippen LogP contribution in [0.25, 0.3) is 0 Å². The van der Waals surface area contributed by atoms with Gasteiger partial charge in [-0.2, -0.15) is 0 Å². The summed E-state index contributed by atoms with van der Waals surface area (Å²) in [4.78, 5) is 0. The Labute approximate surface area is 117 Å². The first-order valence-corrected chi connectivity index (χ1v) is 7.38. The van der Waals surface area contributed by atoms with Crippen LogP contribution < -0.4 is 5.73 Å². The molecule has 0 radical (unpaired) electrons. The van der Waals surface area contributed by atoms with E-state index in [1.165, 1.54) is 18.4 Å². The molecule has 2 rings (SSSR count). The van der Waals surface area contributed by atoms with Gasteiger partial charge in [0.1, 0.15) is 0 Å². The lowest BCUT2D eigenvalue weighted by Crippen LogP contribution is -2.34. The average Bonchev–Trinajstić information content (AvgIpc) is 2.87. The van der Waals surface area contributed by atoms with Gasteiger partial charge in [-0.15, -0.1) is 0 Å². The van der Waals surface area contributed by atoms with Gasteiger partial charge in [0.2, 0.25) is 0 Å². The van der Waals surface area contributed by atoms with Gasteiger partial charge in [0.15, 0.2) is 0 Å². The zero-order chi connectivity index (χ0) is 14.1. The Bertz CT molecular complexity index is 410. The van der Waals surface area contributed by atoms with Crippen molar-refractivity contribution in [2.75, 3.05) is 6.54 Å². The summed E-state index contributed by atoms with van der Waals surface area (Å²) in [5.41, 5.74) is 8.32. The predicted molar refractivity (Wildman–Crippen MR) is 80.1 cm³/mol. The fourth-order valence-corrected chi connectivity index (χ4v) is 3.19. The molecule has 1 aromatic rings. The van der Waals surface area contributed by atoms with Crippen LogP contribution in [0.2, 0.25) is 0 Å². The molecule has 0 spiro atoms. The molecular weight excluding hydrogens is 234 g/mol. The Kier molecular flexibility index (Phi) is 4.03. The van der Waals surface area contributed by atoms with Crippen LogP contribution in [0.3, 0.4) is 0 Å². The Hall–Kier alpha value is -0.860. The van der Waals surface area contributed by atoms with Crippen LogP contribution in [0.4, 0.5) is 0 Å². The smallest absolute Gasteiger partial charge is 0.0858 e. The van der Waals surface area contributed by atoms with E-state index >= 15 is 0 Å². The third kappa shape index (κ3) is 2.85. The minimum atomic E-state index is -0.422. The van der Waals surface area contributed by atoms with Crippen molar-refractivity contribution >= 4 is 0 Å². The zero-order valence-corrected chi connectivity index (χ0v) is 12.4. The van der Waals surface area contributed by atoms with Crippen molar-refractivity contribution in [2.45, 2.75) is 58.0 Å². The Morgan fingerprint density at radius 2 is 1.68 bits per heavy atom. The van der Waals surface area contributed by atoms with Gasteiger partial charge in [-0.05, 0) is 29.4 Å². The van der Waals surface area contributed by atoms with Crippen LogP contribution in [-0.2, 0) is 5.41 Å². The van der Waals surface area contributed by atoms with Gasteiger partial charge in [-0.1, -0.05) is 57.9 Å². The third-order valence-electron chi connectivity index (χ3n) is 4.68. The lowest BCUT2D eigenvalue weighted by molar-refractivity contribution is 0.0333. The van der Waals surface area contributed by atoms with Gasteiger partial charge >= 0.3 is 0 Å². The molecule has 19 heavy (non-hydrogen) atoms. The van der Waals surface area contributed by atoms with Crippen molar-refractivity contribution in [1.29, 1.82) is 0 Å². The fourth-order valence-electron chi connectivity index (χ4n) is 3.19. The highest BCUT2D eigenvalue weighted by Crippen LogP contribution is 2.46. The SMILES string of the molecule is CC(C)(C)c1ccc(C(O)C2(CN)CCCC2)cc1. The van der Waals surface area contributed by atoms with Gasteiger partial charge in [-0.25, -0.2) is 0 Å². The van der Waals surface area contributed by atoms with Crippen molar-refractivity contribution in [3.05, 3.63) is 35.4 Å². The third-order valence-corrected chi connectivity index (χ3v) is 4.68. The van der Waals surface area contributed by atoms with Crippen LogP contribution >= 0.6 is 0 Å². The Morgan fingerprint density at radius 3 is 2.11 bits per heavy atom. The second kappa shape index (κ2) is 5.26. The molecule has 1 aliphatic carbocycles. The second-order valence-corrected chi connectivity index (χ2v) is 7.05. The van der Waals surface area contributed by atoms with Gasteiger partial charge in [0, 0.05) is 12.0 Å². The number of aliphatic hydroxyl groups excluding tert-OH is 1. The molecule has 0 amide bonds. The molecular formula is C17H27NO. The van der Waals surface area contributed by atoms with Crippen LogP contribution in [0.15, 0.2) is 24.3 Å². The maximum Gasteiger partial charge on any atom is 0.0858 e. The monoisotopic (exact) mass is 261 g/mol. The van der Waals surface area contributed by atoms with Crippen molar-refractivity contribution in [3.8, 4) is 0 Å². The molecule has 2 nitrogen and oxygen atoms in total. The summed E-state index contributed by atoms with van der Waals surface area (Å²) in [6, 6.07) is 8.41. The Balaban J connectivity index is 2.22. The van der Waals surface area contributed by atoms with Gasteiger partial charge in [0.05, 0.1) is 6.10 Å². The van der Waals surface area contributed by atoms with Crippen LogP contribution in [0.5, 0.6) is 0 Å². The number of rotatable bonds is 3. The Morgan fingerprint density at radius 1 is 1.16 bits per heavy atom. The van der Waals surface area contributed by atoms with E-state index in [0.29, 0.717) is 6.54 Å². The quantitative estimate of drug-likeness (QED) is 0.874. The number of aliphatic hydroxyl groups is 1. The molecule has 1 saturated carbocycles. The summed E-state index contributed by atoms with van der Waals surface area (Å²) in [6.07, 6.45) is 4.05. The highest BCUT2D eigenvalue weighted by Gasteiger charge is 2.40. The molecule has 106 valence electrons. The standard InChI is InChI=1S/C17H27NO/c1-16(2,3)14-8-6-13(7-9-14)15(19)17(12-18)10-4-5-11-17/h6-9,15,19H,4-5,10-12,18H2,1-3H3. The minimum absolute atomic E-state index is 0.0940. The highest BCUT2D eigenvalue weighted by atomic mass is 16.3. The molecule has 1 atom stereocenters. The van der Waals surface area contributed by atoms with Crippen LogP contribution in [-0.4, -0.2) is 11.7 Å². The maximum absolute atomic E-state index is 10.7. The van der Waals surface area contributed by atoms with Crippen molar-refractivity contribution in [1.82, 2.24) is 0 Å². The number of nitrogens with two attached hydrogens (primary N) is 1. The van der Waals surface area contributed by atoms with Crippen molar-refractivity contribution in [3.63, 3.8) is 0 Å². The molecule has 0 aromatic heterocycles. The first-order chi connectivity index (χ1) is 8.89. The van der Waals surface area contributed by atoms with E-state index < -0.39 is 6.10 Å². The number of benzene rings is 1. The molecule has 1 unspecified atom stereocenters. The van der Waals surface area contributed by atoms with Gasteiger partial charge < -0.3 is 10.8 Å². The summed E-state index contributed by atoms with van der Waals surface area (Å²) >= 11 is 0. The fraction of sp³-hybridized carbons (Fsp3) is 0.647. The molecule has 3 N–H and O–H groups in total. The molecule has 0 aliphatic heterocycles. The minimum Gasteiger partial charge on any atom is -0.388 e. The molecule has 1 fully saturated rings. The molecule has 2 heteroatoms. The van der Waals surface area contributed by atoms with Gasteiger partial charge in [-0.3, -0.25) is 0 Å². The summed E-state index contributed by atoms with van der Waals surface area (Å²) in [7, 11) is 0. The van der Waals surface area contributed by atoms with Crippen LogP contribution in [0, 0.1) is 5.41 Å². The van der Waals surface area contributed by atoms with Crippen molar-refractivity contribution < 1.29 is 5.11 Å². The van der Waals surface area contributed by atoms with Crippen molar-refractivity contribution in [2.24, 2.45) is 11.1 Å². The maximum atomic E-state index is 10.7. The topological polar surface area (TPSA) is 46.2 Å². The first kappa shape index (κ1) is 14.5. The molecule has 0 saturated heterocycles. The molecule has 0 heterocycles. The zero-order valence-electron chi connectivity index (χ0n) is 12.4. The van der Waals surface area contributed by atoms with E-state index in [-0.39, 0.29) is 10.8 Å². The lowest BCUT2D eigenvalue weighted by Gasteiger charge is -2.33. The van der Waals surface area contributed by atoms with E-state index in [1.807, 2.05) is 0 Å². The van der Waals surface area contributed by atoms with Crippen LogP contribution in [0.1, 0.15) is 63.7 Å². The number of hydrogen-bond acceptors (Lipinski definition) is 2. The van der Waals surface area contributed by atoms with Gasteiger partial charge in [0.25, 0.3) is 0 Å².